The topological polar surface area (TPSA) is 68.5 Å². The van der Waals surface area contributed by atoms with Gasteiger partial charge in [-0.15, -0.1) is 0 Å². The molecule has 0 aromatic carbocycles. The quantitative estimate of drug-likeness (QED) is 0.773. The Hall–Kier alpha value is -2.42. The number of rotatable bonds is 5. The van der Waals surface area contributed by atoms with E-state index in [0.717, 1.165) is 16.3 Å². The molecule has 120 valence electrons. The van der Waals surface area contributed by atoms with Crippen LogP contribution in [0, 0.1) is 13.8 Å². The number of hydrogen-bond donors (Lipinski definition) is 1. The Morgan fingerprint density at radius 1 is 1.30 bits per heavy atom. The molecule has 0 aliphatic carbocycles. The number of anilines is 2. The van der Waals surface area contributed by atoms with Crippen molar-refractivity contribution >= 4 is 22.5 Å². The van der Waals surface area contributed by atoms with Crippen LogP contribution in [0.25, 0.3) is 11.3 Å². The highest BCUT2D eigenvalue weighted by molar-refractivity contribution is 7.10. The van der Waals surface area contributed by atoms with Gasteiger partial charge >= 0.3 is 0 Å². The van der Waals surface area contributed by atoms with Crippen LogP contribution in [0.5, 0.6) is 0 Å². The second-order valence-electron chi connectivity index (χ2n) is 5.02. The van der Waals surface area contributed by atoms with Gasteiger partial charge in [0.15, 0.2) is 0 Å². The van der Waals surface area contributed by atoms with Crippen molar-refractivity contribution in [3.63, 3.8) is 0 Å². The molecule has 3 aromatic rings. The fourth-order valence-electron chi connectivity index (χ4n) is 2.05. The molecule has 0 bridgehead atoms. The van der Waals surface area contributed by atoms with E-state index in [1.807, 2.05) is 19.9 Å². The van der Waals surface area contributed by atoms with E-state index in [4.69, 9.17) is 0 Å². The van der Waals surface area contributed by atoms with E-state index in [0.29, 0.717) is 17.2 Å². The summed E-state index contributed by atoms with van der Waals surface area (Å²) >= 11 is 1.32. The second-order valence-corrected chi connectivity index (χ2v) is 5.83. The maximum Gasteiger partial charge on any atom is 0.257 e. The zero-order chi connectivity index (χ0) is 16.4. The van der Waals surface area contributed by atoms with E-state index in [9.17, 15) is 8.78 Å². The number of hydrogen-bond acceptors (Lipinski definition) is 6. The molecule has 0 fully saturated rings. The van der Waals surface area contributed by atoms with Gasteiger partial charge in [0.25, 0.3) is 6.43 Å². The molecule has 6 nitrogen and oxygen atoms in total. The maximum atomic E-state index is 12.4. The Balaban J connectivity index is 1.86. The first-order chi connectivity index (χ1) is 11.0. The standard InChI is InChI=1S/C14H14F2N6S/c1-8-4-17-14(19-12-3-9(2)21-23-12)20-13(8)10-5-18-22(6-10)7-11(15)16/h3-6,11H,7H2,1-2H3,(H,17,19,20). The second kappa shape index (κ2) is 6.37. The fraction of sp³-hybridized carbons (Fsp3) is 0.286. The van der Waals surface area contributed by atoms with Crippen LogP contribution in [0.2, 0.25) is 0 Å². The Bertz CT molecular complexity index is 813. The molecule has 0 unspecified atom stereocenters. The van der Waals surface area contributed by atoms with Crippen LogP contribution in [-0.4, -0.2) is 30.5 Å². The molecule has 0 aliphatic rings. The van der Waals surface area contributed by atoms with Crippen molar-refractivity contribution in [3.8, 4) is 11.3 Å². The van der Waals surface area contributed by atoms with Crippen LogP contribution in [0.1, 0.15) is 11.3 Å². The molecule has 3 rings (SSSR count). The molecular formula is C14H14F2N6S. The van der Waals surface area contributed by atoms with Gasteiger partial charge in [-0.25, -0.2) is 18.7 Å². The number of aryl methyl sites for hydroxylation is 2. The minimum Gasteiger partial charge on any atom is -0.314 e. The first kappa shape index (κ1) is 15.5. The summed E-state index contributed by atoms with van der Waals surface area (Å²) in [5, 5.41) is 7.87. The van der Waals surface area contributed by atoms with E-state index in [2.05, 4.69) is 24.8 Å². The third-order valence-electron chi connectivity index (χ3n) is 3.07. The number of halogens is 2. The third-order valence-corrected chi connectivity index (χ3v) is 3.86. The summed E-state index contributed by atoms with van der Waals surface area (Å²) in [5.41, 5.74) is 3.09. The van der Waals surface area contributed by atoms with Gasteiger partial charge in [0.1, 0.15) is 11.5 Å². The molecule has 0 saturated carbocycles. The Kier molecular flexibility index (Phi) is 4.28. The van der Waals surface area contributed by atoms with Gasteiger partial charge in [0, 0.05) is 18.0 Å². The predicted molar refractivity (Wildman–Crippen MR) is 84.1 cm³/mol. The largest absolute Gasteiger partial charge is 0.314 e. The first-order valence-corrected chi connectivity index (χ1v) is 7.63. The lowest BCUT2D eigenvalue weighted by Crippen LogP contribution is -2.06. The van der Waals surface area contributed by atoms with Crippen molar-refractivity contribution in [3.05, 3.63) is 35.9 Å². The van der Waals surface area contributed by atoms with Crippen LogP contribution in [0.3, 0.4) is 0 Å². The number of aromatic nitrogens is 5. The lowest BCUT2D eigenvalue weighted by molar-refractivity contribution is 0.122. The molecule has 0 amide bonds. The SMILES string of the molecule is Cc1cc(Nc2ncc(C)c(-c3cnn(CC(F)F)c3)n2)sn1. The Morgan fingerprint density at radius 2 is 2.13 bits per heavy atom. The van der Waals surface area contributed by atoms with Gasteiger partial charge in [0.05, 0.1) is 17.6 Å². The van der Waals surface area contributed by atoms with E-state index in [-0.39, 0.29) is 0 Å². The molecule has 3 heterocycles. The average Bonchev–Trinajstić information content (AvgIpc) is 3.10. The van der Waals surface area contributed by atoms with Crippen LogP contribution >= 0.6 is 11.5 Å². The summed E-state index contributed by atoms with van der Waals surface area (Å²) in [6, 6.07) is 1.90. The molecule has 0 atom stereocenters. The molecular weight excluding hydrogens is 322 g/mol. The molecule has 9 heteroatoms. The lowest BCUT2D eigenvalue weighted by Gasteiger charge is -2.06. The summed E-state index contributed by atoms with van der Waals surface area (Å²) in [6.45, 7) is 3.33. The monoisotopic (exact) mass is 336 g/mol. The third kappa shape index (κ3) is 3.67. The highest BCUT2D eigenvalue weighted by Gasteiger charge is 2.12. The maximum absolute atomic E-state index is 12.4. The predicted octanol–water partition coefficient (Wildman–Crippen LogP) is 3.42. The summed E-state index contributed by atoms with van der Waals surface area (Å²) in [4.78, 5) is 8.69. The molecule has 0 aliphatic heterocycles. The normalized spacial score (nSPS) is 11.2. The van der Waals surface area contributed by atoms with Crippen LogP contribution in [0.15, 0.2) is 24.7 Å². The van der Waals surface area contributed by atoms with Crippen molar-refractivity contribution in [2.24, 2.45) is 0 Å². The van der Waals surface area contributed by atoms with Gasteiger partial charge in [-0.05, 0) is 37.0 Å². The summed E-state index contributed by atoms with van der Waals surface area (Å²) in [6.07, 6.45) is 2.32. The number of nitrogens with zero attached hydrogens (tertiary/aromatic N) is 5. The van der Waals surface area contributed by atoms with Gasteiger partial charge in [-0.3, -0.25) is 4.68 Å². The van der Waals surface area contributed by atoms with Crippen LogP contribution < -0.4 is 5.32 Å². The summed E-state index contributed by atoms with van der Waals surface area (Å²) < 4.78 is 30.2. The van der Waals surface area contributed by atoms with E-state index in [1.54, 1.807) is 12.4 Å². The summed E-state index contributed by atoms with van der Waals surface area (Å²) in [7, 11) is 0. The van der Waals surface area contributed by atoms with Crippen molar-refractivity contribution in [2.75, 3.05) is 5.32 Å². The highest BCUT2D eigenvalue weighted by Crippen LogP contribution is 2.24. The van der Waals surface area contributed by atoms with Gasteiger partial charge in [-0.2, -0.15) is 9.47 Å². The van der Waals surface area contributed by atoms with Crippen molar-refractivity contribution in [2.45, 2.75) is 26.8 Å². The Labute approximate surface area is 135 Å². The Morgan fingerprint density at radius 3 is 2.83 bits per heavy atom. The van der Waals surface area contributed by atoms with Crippen molar-refractivity contribution in [1.29, 1.82) is 0 Å². The molecule has 0 spiro atoms. The zero-order valence-corrected chi connectivity index (χ0v) is 13.3. The van der Waals surface area contributed by atoms with E-state index in [1.165, 1.54) is 22.4 Å². The number of alkyl halides is 2. The fourth-order valence-corrected chi connectivity index (χ4v) is 2.71. The van der Waals surface area contributed by atoms with E-state index >= 15 is 0 Å². The molecule has 3 aromatic heterocycles. The van der Waals surface area contributed by atoms with Gasteiger partial charge in [-0.1, -0.05) is 0 Å². The van der Waals surface area contributed by atoms with Crippen LogP contribution in [0.4, 0.5) is 19.7 Å². The molecule has 0 saturated heterocycles. The average molecular weight is 336 g/mol. The smallest absolute Gasteiger partial charge is 0.257 e. The highest BCUT2D eigenvalue weighted by atomic mass is 32.1. The van der Waals surface area contributed by atoms with Gasteiger partial charge in [0.2, 0.25) is 5.95 Å². The first-order valence-electron chi connectivity index (χ1n) is 6.86. The molecule has 23 heavy (non-hydrogen) atoms. The molecule has 1 N–H and O–H groups in total. The number of nitrogens with one attached hydrogen (secondary N) is 1. The van der Waals surface area contributed by atoms with Gasteiger partial charge < -0.3 is 5.32 Å². The van der Waals surface area contributed by atoms with E-state index < -0.39 is 13.0 Å². The zero-order valence-electron chi connectivity index (χ0n) is 12.5. The van der Waals surface area contributed by atoms with Crippen LogP contribution in [-0.2, 0) is 6.54 Å². The minimum absolute atomic E-state index is 0.427. The minimum atomic E-state index is -2.44. The summed E-state index contributed by atoms with van der Waals surface area (Å²) in [5.74, 6) is 0.427. The lowest BCUT2D eigenvalue weighted by atomic mass is 10.1. The molecule has 0 radical (unpaired) electrons. The van der Waals surface area contributed by atoms with Crippen molar-refractivity contribution in [1.82, 2.24) is 24.1 Å². The van der Waals surface area contributed by atoms with Crippen molar-refractivity contribution < 1.29 is 8.78 Å².